The van der Waals surface area contributed by atoms with Gasteiger partial charge in [0.05, 0.1) is 13.8 Å². The van der Waals surface area contributed by atoms with Gasteiger partial charge in [-0.05, 0) is 37.8 Å². The summed E-state index contributed by atoms with van der Waals surface area (Å²) in [6.45, 7) is 2.37. The van der Waals surface area contributed by atoms with Crippen LogP contribution in [0.5, 0.6) is 0 Å². The number of rotatable bonds is 4. The van der Waals surface area contributed by atoms with Gasteiger partial charge in [0.15, 0.2) is 0 Å². The summed E-state index contributed by atoms with van der Waals surface area (Å²) in [4.78, 5) is 32.2. The summed E-state index contributed by atoms with van der Waals surface area (Å²) in [5, 5.41) is 0. The standard InChI is InChI=1S/C26H39N3O3.ClH/c1-32-24(30)20-28-21-29(23-14-10-7-11-15-23)26(25(28)31)16-18-27(19-17-26)22-12-8-5-3-2-4-6-9-13-22;/h7,10-11,14-15,22H,2-6,8-9,12-13,16-21H2,1H3;1H. The summed E-state index contributed by atoms with van der Waals surface area (Å²) in [6, 6.07) is 10.8. The van der Waals surface area contributed by atoms with E-state index in [1.54, 1.807) is 4.90 Å². The lowest BCUT2D eigenvalue weighted by molar-refractivity contribution is -0.147. The molecule has 0 unspecified atom stereocenters. The van der Waals surface area contributed by atoms with E-state index in [4.69, 9.17) is 4.74 Å². The second kappa shape index (κ2) is 12.1. The molecule has 33 heavy (non-hydrogen) atoms. The van der Waals surface area contributed by atoms with Gasteiger partial charge in [0.2, 0.25) is 0 Å². The average molecular weight is 478 g/mol. The van der Waals surface area contributed by atoms with Crippen LogP contribution in [0, 0.1) is 0 Å². The molecular formula is C26H40ClN3O3. The third-order valence-electron chi connectivity index (χ3n) is 7.85. The highest BCUT2D eigenvalue weighted by molar-refractivity contribution is 5.95. The quantitative estimate of drug-likeness (QED) is 0.592. The molecule has 0 aromatic heterocycles. The molecule has 3 fully saturated rings. The molecule has 1 spiro atoms. The topological polar surface area (TPSA) is 53.1 Å². The van der Waals surface area contributed by atoms with Crippen LogP contribution in [-0.4, -0.2) is 66.7 Å². The Morgan fingerprint density at radius 3 is 2.12 bits per heavy atom. The molecule has 0 N–H and O–H groups in total. The first-order valence-electron chi connectivity index (χ1n) is 12.6. The van der Waals surface area contributed by atoms with E-state index in [1.165, 1.54) is 64.9 Å². The van der Waals surface area contributed by atoms with E-state index in [9.17, 15) is 9.59 Å². The van der Waals surface area contributed by atoms with Crippen LogP contribution in [0.15, 0.2) is 30.3 Å². The highest BCUT2D eigenvalue weighted by atomic mass is 35.5. The first kappa shape index (κ1) is 25.8. The van der Waals surface area contributed by atoms with Crippen LogP contribution in [0.25, 0.3) is 0 Å². The van der Waals surface area contributed by atoms with E-state index in [0.717, 1.165) is 31.6 Å². The molecule has 3 aliphatic rings. The summed E-state index contributed by atoms with van der Waals surface area (Å²) < 4.78 is 4.86. The van der Waals surface area contributed by atoms with Gasteiger partial charge >= 0.3 is 5.97 Å². The van der Waals surface area contributed by atoms with Crippen molar-refractivity contribution in [3.05, 3.63) is 30.3 Å². The Labute approximate surface area is 205 Å². The Morgan fingerprint density at radius 2 is 1.55 bits per heavy atom. The molecule has 0 bridgehead atoms. The van der Waals surface area contributed by atoms with Gasteiger partial charge in [-0.1, -0.05) is 63.1 Å². The monoisotopic (exact) mass is 477 g/mol. The Morgan fingerprint density at radius 1 is 0.970 bits per heavy atom. The van der Waals surface area contributed by atoms with Crippen molar-refractivity contribution < 1.29 is 14.3 Å². The lowest BCUT2D eigenvalue weighted by Crippen LogP contribution is -2.58. The number of carbonyl (C=O) groups excluding carboxylic acids is 2. The van der Waals surface area contributed by atoms with Crippen LogP contribution in [0.4, 0.5) is 5.69 Å². The van der Waals surface area contributed by atoms with E-state index in [-0.39, 0.29) is 30.8 Å². The van der Waals surface area contributed by atoms with Gasteiger partial charge in [-0.2, -0.15) is 0 Å². The van der Waals surface area contributed by atoms with Crippen molar-refractivity contribution in [2.75, 3.05) is 38.3 Å². The van der Waals surface area contributed by atoms with E-state index >= 15 is 0 Å². The number of ether oxygens (including phenoxy) is 1. The van der Waals surface area contributed by atoms with Crippen LogP contribution in [-0.2, 0) is 14.3 Å². The number of para-hydroxylation sites is 1. The van der Waals surface area contributed by atoms with Gasteiger partial charge < -0.3 is 19.4 Å². The zero-order valence-electron chi connectivity index (χ0n) is 20.0. The molecule has 2 saturated heterocycles. The van der Waals surface area contributed by atoms with Gasteiger partial charge in [0.1, 0.15) is 12.1 Å². The van der Waals surface area contributed by atoms with Crippen LogP contribution in [0.2, 0.25) is 0 Å². The van der Waals surface area contributed by atoms with E-state index in [2.05, 4.69) is 21.9 Å². The number of carbonyl (C=O) groups is 2. The van der Waals surface area contributed by atoms with Gasteiger partial charge in [-0.15, -0.1) is 12.4 Å². The lowest BCUT2D eigenvalue weighted by atomic mass is 9.84. The molecule has 184 valence electrons. The number of piperidine rings is 1. The SMILES string of the molecule is COC(=O)CN1CN(c2ccccc2)C2(CCN(C3CCCCCCCCC3)CC2)C1=O.Cl. The van der Waals surface area contributed by atoms with E-state index in [0.29, 0.717) is 12.7 Å². The highest BCUT2D eigenvalue weighted by Gasteiger charge is 2.54. The minimum atomic E-state index is -0.554. The molecule has 1 aliphatic carbocycles. The molecule has 6 nitrogen and oxygen atoms in total. The number of anilines is 1. The fraction of sp³-hybridized carbons (Fsp3) is 0.692. The van der Waals surface area contributed by atoms with Crippen LogP contribution >= 0.6 is 12.4 Å². The lowest BCUT2D eigenvalue weighted by Gasteiger charge is -2.45. The Hall–Kier alpha value is -1.79. The average Bonchev–Trinajstić information content (AvgIpc) is 3.09. The molecule has 0 radical (unpaired) electrons. The first-order valence-corrected chi connectivity index (χ1v) is 12.6. The number of hydrogen-bond donors (Lipinski definition) is 0. The largest absolute Gasteiger partial charge is 0.468 e. The van der Waals surface area contributed by atoms with Gasteiger partial charge in [-0.25, -0.2) is 0 Å². The predicted molar refractivity (Wildman–Crippen MR) is 134 cm³/mol. The predicted octanol–water partition coefficient (Wildman–Crippen LogP) is 4.62. The minimum absolute atomic E-state index is 0. The summed E-state index contributed by atoms with van der Waals surface area (Å²) in [5.41, 5.74) is 0.502. The van der Waals surface area contributed by atoms with Crippen molar-refractivity contribution in [1.29, 1.82) is 0 Å². The summed E-state index contributed by atoms with van der Waals surface area (Å²) in [5.74, 6) is -0.278. The van der Waals surface area contributed by atoms with Crippen molar-refractivity contribution in [2.45, 2.75) is 82.2 Å². The first-order chi connectivity index (χ1) is 15.6. The van der Waals surface area contributed by atoms with Crippen molar-refractivity contribution in [3.63, 3.8) is 0 Å². The number of benzene rings is 1. The summed E-state index contributed by atoms with van der Waals surface area (Å²) in [6.07, 6.45) is 13.7. The molecule has 1 aromatic carbocycles. The van der Waals surface area contributed by atoms with Gasteiger partial charge in [-0.3, -0.25) is 9.59 Å². The van der Waals surface area contributed by atoms with Gasteiger partial charge in [0.25, 0.3) is 5.91 Å². The summed E-state index contributed by atoms with van der Waals surface area (Å²) >= 11 is 0. The van der Waals surface area contributed by atoms with Crippen LogP contribution < -0.4 is 4.90 Å². The second-order valence-corrected chi connectivity index (χ2v) is 9.76. The van der Waals surface area contributed by atoms with Crippen molar-refractivity contribution in [2.24, 2.45) is 0 Å². The second-order valence-electron chi connectivity index (χ2n) is 9.76. The molecular weight excluding hydrogens is 438 g/mol. The maximum Gasteiger partial charge on any atom is 0.325 e. The Kier molecular flexibility index (Phi) is 9.45. The molecule has 7 heteroatoms. The summed E-state index contributed by atoms with van der Waals surface area (Å²) in [7, 11) is 1.38. The zero-order chi connectivity index (χ0) is 22.4. The zero-order valence-corrected chi connectivity index (χ0v) is 20.9. The van der Waals surface area contributed by atoms with Crippen LogP contribution in [0.3, 0.4) is 0 Å². The van der Waals surface area contributed by atoms with Crippen molar-refractivity contribution >= 4 is 30.0 Å². The Bertz CT molecular complexity index is 757. The molecule has 1 saturated carbocycles. The maximum absolute atomic E-state index is 13.6. The number of nitrogens with zero attached hydrogens (tertiary/aromatic N) is 3. The number of hydrogen-bond acceptors (Lipinski definition) is 5. The Balaban J connectivity index is 0.00000306. The fourth-order valence-electron chi connectivity index (χ4n) is 5.96. The number of likely N-dealkylation sites (tertiary alicyclic amines) is 1. The number of methoxy groups -OCH3 is 1. The molecule has 1 aromatic rings. The molecule has 2 heterocycles. The number of amides is 1. The van der Waals surface area contributed by atoms with E-state index in [1.807, 2.05) is 18.2 Å². The normalized spacial score (nSPS) is 22.8. The third-order valence-corrected chi connectivity index (χ3v) is 7.85. The fourth-order valence-corrected chi connectivity index (χ4v) is 5.96. The van der Waals surface area contributed by atoms with Crippen molar-refractivity contribution in [3.8, 4) is 0 Å². The minimum Gasteiger partial charge on any atom is -0.468 e. The number of halogens is 1. The maximum atomic E-state index is 13.6. The molecule has 4 rings (SSSR count). The van der Waals surface area contributed by atoms with Crippen LogP contribution in [0.1, 0.15) is 70.6 Å². The van der Waals surface area contributed by atoms with Gasteiger partial charge in [0, 0.05) is 24.8 Å². The van der Waals surface area contributed by atoms with E-state index < -0.39 is 5.54 Å². The number of esters is 1. The van der Waals surface area contributed by atoms with Crippen molar-refractivity contribution in [1.82, 2.24) is 9.80 Å². The molecule has 1 amide bonds. The molecule has 2 aliphatic heterocycles. The third kappa shape index (κ3) is 5.83. The molecule has 0 atom stereocenters. The highest BCUT2D eigenvalue weighted by Crippen LogP contribution is 2.40. The smallest absolute Gasteiger partial charge is 0.325 e.